The molecule has 6 heteroatoms. The van der Waals surface area contributed by atoms with Gasteiger partial charge in [0.25, 0.3) is 5.91 Å². The molecular weight excluding hydrogens is 352 g/mol. The molecule has 0 N–H and O–H groups in total. The van der Waals surface area contributed by atoms with E-state index < -0.39 is 0 Å². The molecule has 6 nitrogen and oxygen atoms in total. The van der Waals surface area contributed by atoms with Crippen molar-refractivity contribution in [2.45, 2.75) is 40.5 Å². The molecule has 0 aliphatic carbocycles. The van der Waals surface area contributed by atoms with Gasteiger partial charge in [-0.15, -0.1) is 5.10 Å². The summed E-state index contributed by atoms with van der Waals surface area (Å²) in [6, 6.07) is 15.6. The SMILES string of the molecule is CC.Cc1ccc(C(=O)N2CCn3nc(OCc4ccccc4)cc3C2)cn1. The average Bonchev–Trinajstić information content (AvgIpc) is 3.17. The Morgan fingerprint density at radius 3 is 2.61 bits per heavy atom. The van der Waals surface area contributed by atoms with Crippen LogP contribution in [0.15, 0.2) is 54.7 Å². The fourth-order valence-electron chi connectivity index (χ4n) is 2.99. The molecule has 0 fully saturated rings. The zero-order chi connectivity index (χ0) is 19.9. The molecule has 0 unspecified atom stereocenters. The predicted molar refractivity (Wildman–Crippen MR) is 108 cm³/mol. The van der Waals surface area contributed by atoms with E-state index in [4.69, 9.17) is 4.74 Å². The second-order valence-corrected chi connectivity index (χ2v) is 6.39. The van der Waals surface area contributed by atoms with Crippen LogP contribution in [0.1, 0.15) is 41.2 Å². The third kappa shape index (κ3) is 4.57. The Bertz CT molecular complexity index is 904. The highest BCUT2D eigenvalue weighted by atomic mass is 16.5. The van der Waals surface area contributed by atoms with Crippen LogP contribution < -0.4 is 4.74 Å². The lowest BCUT2D eigenvalue weighted by Crippen LogP contribution is -2.38. The van der Waals surface area contributed by atoms with Gasteiger partial charge in [-0.2, -0.15) is 0 Å². The molecule has 28 heavy (non-hydrogen) atoms. The molecule has 0 saturated heterocycles. The summed E-state index contributed by atoms with van der Waals surface area (Å²) in [4.78, 5) is 18.7. The molecule has 1 amide bonds. The average molecular weight is 378 g/mol. The molecule has 0 bridgehead atoms. The number of amides is 1. The van der Waals surface area contributed by atoms with Gasteiger partial charge >= 0.3 is 0 Å². The number of ether oxygens (including phenoxy) is 1. The first kappa shape index (κ1) is 19.6. The number of aryl methyl sites for hydroxylation is 1. The van der Waals surface area contributed by atoms with E-state index in [0.29, 0.717) is 37.7 Å². The summed E-state index contributed by atoms with van der Waals surface area (Å²) in [5, 5.41) is 4.49. The Morgan fingerprint density at radius 1 is 1.11 bits per heavy atom. The van der Waals surface area contributed by atoms with E-state index in [-0.39, 0.29) is 5.91 Å². The minimum absolute atomic E-state index is 0.00305. The van der Waals surface area contributed by atoms with Gasteiger partial charge in [-0.3, -0.25) is 14.5 Å². The van der Waals surface area contributed by atoms with Crippen molar-refractivity contribution in [2.24, 2.45) is 0 Å². The van der Waals surface area contributed by atoms with Gasteiger partial charge in [-0.1, -0.05) is 44.2 Å². The van der Waals surface area contributed by atoms with Gasteiger partial charge in [0.2, 0.25) is 5.88 Å². The Balaban J connectivity index is 0.00000109. The Morgan fingerprint density at radius 2 is 1.89 bits per heavy atom. The first-order chi connectivity index (χ1) is 13.7. The fraction of sp³-hybridized carbons (Fsp3) is 0.318. The number of pyridine rings is 1. The standard InChI is InChI=1S/C20H20N4O2.C2H6/c1-15-7-8-17(12-21-15)20(25)23-9-10-24-18(13-23)11-19(22-24)26-14-16-5-3-2-4-6-16;1-2/h2-8,11-12H,9-10,13-14H2,1H3;1-2H3. The van der Waals surface area contributed by atoms with Crippen LogP contribution in [0.25, 0.3) is 0 Å². The minimum atomic E-state index is -0.00305. The molecule has 3 heterocycles. The summed E-state index contributed by atoms with van der Waals surface area (Å²) < 4.78 is 7.71. The lowest BCUT2D eigenvalue weighted by atomic mass is 10.2. The van der Waals surface area contributed by atoms with E-state index in [1.54, 1.807) is 6.20 Å². The molecule has 0 spiro atoms. The molecule has 3 aromatic rings. The van der Waals surface area contributed by atoms with Crippen molar-refractivity contribution in [3.8, 4) is 5.88 Å². The minimum Gasteiger partial charge on any atom is -0.472 e. The highest BCUT2D eigenvalue weighted by Gasteiger charge is 2.23. The Labute approximate surface area is 165 Å². The van der Waals surface area contributed by atoms with E-state index in [1.165, 1.54) is 0 Å². The Hall–Kier alpha value is -3.15. The van der Waals surface area contributed by atoms with Crippen molar-refractivity contribution in [1.82, 2.24) is 19.7 Å². The first-order valence-electron chi connectivity index (χ1n) is 9.64. The number of aromatic nitrogens is 3. The normalized spacial score (nSPS) is 12.6. The summed E-state index contributed by atoms with van der Waals surface area (Å²) in [6.07, 6.45) is 1.64. The predicted octanol–water partition coefficient (Wildman–Crippen LogP) is 3.85. The van der Waals surface area contributed by atoms with Crippen molar-refractivity contribution in [1.29, 1.82) is 0 Å². The number of nitrogens with zero attached hydrogens (tertiary/aromatic N) is 4. The topological polar surface area (TPSA) is 60.2 Å². The van der Waals surface area contributed by atoms with Crippen LogP contribution in [-0.2, 0) is 19.7 Å². The number of fused-ring (bicyclic) bond motifs is 1. The van der Waals surface area contributed by atoms with Crippen LogP contribution >= 0.6 is 0 Å². The van der Waals surface area contributed by atoms with E-state index in [2.05, 4.69) is 10.1 Å². The van der Waals surface area contributed by atoms with Gasteiger partial charge in [-0.05, 0) is 24.6 Å². The number of benzene rings is 1. The highest BCUT2D eigenvalue weighted by Crippen LogP contribution is 2.20. The molecule has 146 valence electrons. The monoisotopic (exact) mass is 378 g/mol. The van der Waals surface area contributed by atoms with Gasteiger partial charge in [0.15, 0.2) is 0 Å². The van der Waals surface area contributed by atoms with Crippen LogP contribution in [0.3, 0.4) is 0 Å². The molecule has 4 rings (SSSR count). The highest BCUT2D eigenvalue weighted by molar-refractivity contribution is 5.93. The van der Waals surface area contributed by atoms with Crippen molar-refractivity contribution in [3.05, 3.63) is 77.2 Å². The zero-order valence-corrected chi connectivity index (χ0v) is 16.6. The Kier molecular flexibility index (Phi) is 6.42. The van der Waals surface area contributed by atoms with Gasteiger partial charge in [0.1, 0.15) is 6.61 Å². The number of hydrogen-bond donors (Lipinski definition) is 0. The van der Waals surface area contributed by atoms with Crippen LogP contribution in [0.5, 0.6) is 5.88 Å². The molecule has 1 aromatic carbocycles. The molecule has 1 aliphatic heterocycles. The van der Waals surface area contributed by atoms with Crippen molar-refractivity contribution >= 4 is 5.91 Å². The van der Waals surface area contributed by atoms with Gasteiger partial charge < -0.3 is 9.64 Å². The largest absolute Gasteiger partial charge is 0.472 e. The number of carbonyl (C=O) groups excluding carboxylic acids is 1. The smallest absolute Gasteiger partial charge is 0.255 e. The summed E-state index contributed by atoms with van der Waals surface area (Å²) in [7, 11) is 0. The molecule has 2 aromatic heterocycles. The summed E-state index contributed by atoms with van der Waals surface area (Å²) >= 11 is 0. The zero-order valence-electron chi connectivity index (χ0n) is 16.6. The second-order valence-electron chi connectivity index (χ2n) is 6.39. The van der Waals surface area contributed by atoms with Crippen molar-refractivity contribution in [3.63, 3.8) is 0 Å². The van der Waals surface area contributed by atoms with Gasteiger partial charge in [0, 0.05) is 24.5 Å². The van der Waals surface area contributed by atoms with E-state index in [1.807, 2.05) is 78.9 Å². The van der Waals surface area contributed by atoms with Crippen molar-refractivity contribution in [2.75, 3.05) is 6.54 Å². The van der Waals surface area contributed by atoms with Crippen LogP contribution in [0.4, 0.5) is 0 Å². The fourth-order valence-corrected chi connectivity index (χ4v) is 2.99. The van der Waals surface area contributed by atoms with Gasteiger partial charge in [0.05, 0.1) is 24.3 Å². The lowest BCUT2D eigenvalue weighted by molar-refractivity contribution is 0.0705. The van der Waals surface area contributed by atoms with Crippen LogP contribution in [-0.4, -0.2) is 32.1 Å². The number of carbonyl (C=O) groups is 1. The van der Waals surface area contributed by atoms with E-state index in [0.717, 1.165) is 17.0 Å². The maximum absolute atomic E-state index is 12.7. The maximum Gasteiger partial charge on any atom is 0.255 e. The molecule has 0 atom stereocenters. The molecule has 0 radical (unpaired) electrons. The number of hydrogen-bond acceptors (Lipinski definition) is 4. The summed E-state index contributed by atoms with van der Waals surface area (Å²) in [5.74, 6) is 0.590. The molecular formula is C22H26N4O2. The summed E-state index contributed by atoms with van der Waals surface area (Å²) in [5.41, 5.74) is 3.59. The van der Waals surface area contributed by atoms with Gasteiger partial charge in [-0.25, -0.2) is 0 Å². The third-order valence-corrected chi connectivity index (χ3v) is 4.45. The molecule has 0 saturated carbocycles. The summed E-state index contributed by atoms with van der Waals surface area (Å²) in [6.45, 7) is 8.20. The van der Waals surface area contributed by atoms with E-state index >= 15 is 0 Å². The third-order valence-electron chi connectivity index (χ3n) is 4.45. The second kappa shape index (κ2) is 9.17. The first-order valence-corrected chi connectivity index (χ1v) is 9.64. The lowest BCUT2D eigenvalue weighted by Gasteiger charge is -2.27. The van der Waals surface area contributed by atoms with E-state index in [9.17, 15) is 4.79 Å². The quantitative estimate of drug-likeness (QED) is 0.692. The van der Waals surface area contributed by atoms with Crippen molar-refractivity contribution < 1.29 is 9.53 Å². The van der Waals surface area contributed by atoms with Crippen LogP contribution in [0.2, 0.25) is 0 Å². The molecule has 1 aliphatic rings. The number of rotatable bonds is 4. The maximum atomic E-state index is 12.7. The van der Waals surface area contributed by atoms with Crippen LogP contribution in [0, 0.1) is 6.92 Å².